The van der Waals surface area contributed by atoms with E-state index in [4.69, 9.17) is 22.4 Å². The molecule has 5 nitrogen and oxygen atoms in total. The van der Waals surface area contributed by atoms with Gasteiger partial charge in [-0.2, -0.15) is 0 Å². The van der Waals surface area contributed by atoms with Gasteiger partial charge < -0.3 is 16.2 Å². The monoisotopic (exact) mass is 302 g/mol. The molecule has 104 valence electrons. The fraction of sp³-hybridized carbons (Fsp3) is 0.333. The molecule has 0 heterocycles. The molecular formula is C12H15ClN2O3S. The normalized spacial score (nSPS) is 10.2. The highest BCUT2D eigenvalue weighted by Crippen LogP contribution is 2.32. The number of thioether (sulfide) groups is 1. The Bertz CT molecular complexity index is 448. The molecule has 0 unspecified atom stereocenters. The molecular weight excluding hydrogens is 288 g/mol. The summed E-state index contributed by atoms with van der Waals surface area (Å²) >= 11 is 7.24. The van der Waals surface area contributed by atoms with Crippen molar-refractivity contribution in [1.29, 1.82) is 0 Å². The summed E-state index contributed by atoms with van der Waals surface area (Å²) in [7, 11) is 0. The molecule has 4 N–H and O–H groups in total. The van der Waals surface area contributed by atoms with Gasteiger partial charge in [-0.1, -0.05) is 17.7 Å². The van der Waals surface area contributed by atoms with Crippen molar-refractivity contribution in [3.63, 3.8) is 0 Å². The lowest BCUT2D eigenvalue weighted by molar-refractivity contribution is -0.137. The third-order valence-electron chi connectivity index (χ3n) is 2.23. The van der Waals surface area contributed by atoms with Crippen LogP contribution in [0.4, 0.5) is 5.69 Å². The van der Waals surface area contributed by atoms with Crippen molar-refractivity contribution in [2.45, 2.75) is 17.7 Å². The maximum absolute atomic E-state index is 11.5. The summed E-state index contributed by atoms with van der Waals surface area (Å²) in [5.74, 6) is -0.844. The summed E-state index contributed by atoms with van der Waals surface area (Å²) < 4.78 is 0. The molecule has 0 saturated carbocycles. The Morgan fingerprint density at radius 2 is 2.16 bits per heavy atom. The number of amides is 1. The molecule has 1 rings (SSSR count). The van der Waals surface area contributed by atoms with Crippen LogP contribution in [0, 0.1) is 0 Å². The highest BCUT2D eigenvalue weighted by atomic mass is 35.5. The van der Waals surface area contributed by atoms with Crippen LogP contribution in [0.2, 0.25) is 5.02 Å². The Labute approximate surface area is 120 Å². The van der Waals surface area contributed by atoms with Gasteiger partial charge in [0.2, 0.25) is 5.91 Å². The number of carbonyl (C=O) groups is 2. The number of carboxylic acid groups (broad SMARTS) is 1. The van der Waals surface area contributed by atoms with Gasteiger partial charge >= 0.3 is 5.97 Å². The van der Waals surface area contributed by atoms with Crippen LogP contribution in [0.5, 0.6) is 0 Å². The van der Waals surface area contributed by atoms with E-state index in [1.54, 1.807) is 18.2 Å². The van der Waals surface area contributed by atoms with Crippen LogP contribution < -0.4 is 11.1 Å². The molecule has 0 spiro atoms. The molecule has 0 radical (unpaired) electrons. The van der Waals surface area contributed by atoms with Crippen LogP contribution in [0.1, 0.15) is 12.8 Å². The zero-order valence-electron chi connectivity index (χ0n) is 10.2. The summed E-state index contributed by atoms with van der Waals surface area (Å²) in [6, 6.07) is 5.18. The maximum Gasteiger partial charge on any atom is 0.303 e. The topological polar surface area (TPSA) is 92.4 Å². The van der Waals surface area contributed by atoms with Crippen LogP contribution in [0.3, 0.4) is 0 Å². The van der Waals surface area contributed by atoms with Crippen LogP contribution in [0.15, 0.2) is 23.1 Å². The molecule has 1 aromatic carbocycles. The van der Waals surface area contributed by atoms with E-state index in [0.717, 1.165) is 0 Å². The lowest BCUT2D eigenvalue weighted by Gasteiger charge is -2.07. The number of carbonyl (C=O) groups excluding carboxylic acids is 1. The Kier molecular flexibility index (Phi) is 6.52. The van der Waals surface area contributed by atoms with Crippen LogP contribution in [-0.4, -0.2) is 29.3 Å². The summed E-state index contributed by atoms with van der Waals surface area (Å²) in [4.78, 5) is 22.5. The Morgan fingerprint density at radius 1 is 1.42 bits per heavy atom. The largest absolute Gasteiger partial charge is 0.481 e. The van der Waals surface area contributed by atoms with Gasteiger partial charge in [0.05, 0.1) is 10.8 Å². The van der Waals surface area contributed by atoms with Crippen molar-refractivity contribution < 1.29 is 14.7 Å². The Morgan fingerprint density at radius 3 is 2.79 bits per heavy atom. The van der Waals surface area contributed by atoms with Gasteiger partial charge in [-0.3, -0.25) is 9.59 Å². The molecule has 0 aliphatic carbocycles. The van der Waals surface area contributed by atoms with Gasteiger partial charge in [-0.05, 0) is 18.6 Å². The standard InChI is InChI=1S/C12H15ClN2O3S/c13-8-3-1-4-9(14)12(8)19-7-10(16)15-6-2-5-11(17)18/h1,3-4H,2,5-7,14H2,(H,15,16)(H,17,18). The molecule has 1 aromatic rings. The second-order valence-electron chi connectivity index (χ2n) is 3.79. The SMILES string of the molecule is Nc1cccc(Cl)c1SCC(=O)NCCCC(=O)O. The Balaban J connectivity index is 2.32. The number of nitrogen functional groups attached to an aromatic ring is 1. The van der Waals surface area contributed by atoms with E-state index >= 15 is 0 Å². The minimum atomic E-state index is -0.868. The molecule has 7 heteroatoms. The highest BCUT2D eigenvalue weighted by molar-refractivity contribution is 8.00. The first-order valence-corrected chi connectivity index (χ1v) is 7.02. The number of hydrogen-bond donors (Lipinski definition) is 3. The number of nitrogens with one attached hydrogen (secondary N) is 1. The zero-order chi connectivity index (χ0) is 14.3. The van der Waals surface area contributed by atoms with E-state index in [1.165, 1.54) is 11.8 Å². The van der Waals surface area contributed by atoms with Gasteiger partial charge in [0, 0.05) is 23.5 Å². The van der Waals surface area contributed by atoms with E-state index in [-0.39, 0.29) is 18.1 Å². The van der Waals surface area contributed by atoms with Crippen molar-refractivity contribution in [1.82, 2.24) is 5.32 Å². The highest BCUT2D eigenvalue weighted by Gasteiger charge is 2.08. The third kappa shape index (κ3) is 5.85. The smallest absolute Gasteiger partial charge is 0.303 e. The first kappa shape index (κ1) is 15.7. The van der Waals surface area contributed by atoms with Gasteiger partial charge in [-0.25, -0.2) is 0 Å². The van der Waals surface area contributed by atoms with Gasteiger partial charge in [0.15, 0.2) is 0 Å². The fourth-order valence-electron chi connectivity index (χ4n) is 1.33. The average molecular weight is 303 g/mol. The zero-order valence-corrected chi connectivity index (χ0v) is 11.8. The van der Waals surface area contributed by atoms with E-state index < -0.39 is 5.97 Å². The van der Waals surface area contributed by atoms with Crippen molar-refractivity contribution in [2.24, 2.45) is 0 Å². The first-order valence-electron chi connectivity index (χ1n) is 5.66. The van der Waals surface area contributed by atoms with Crippen molar-refractivity contribution in [2.75, 3.05) is 18.0 Å². The molecule has 1 amide bonds. The number of carboxylic acids is 1. The number of nitrogens with two attached hydrogens (primary N) is 1. The molecule has 0 bridgehead atoms. The second-order valence-corrected chi connectivity index (χ2v) is 5.19. The fourth-order valence-corrected chi connectivity index (χ4v) is 2.50. The van der Waals surface area contributed by atoms with E-state index in [9.17, 15) is 9.59 Å². The predicted molar refractivity (Wildman–Crippen MR) is 76.5 cm³/mol. The lowest BCUT2D eigenvalue weighted by Crippen LogP contribution is -2.26. The molecule has 0 aliphatic heterocycles. The molecule has 19 heavy (non-hydrogen) atoms. The third-order valence-corrected chi connectivity index (χ3v) is 3.81. The number of hydrogen-bond acceptors (Lipinski definition) is 4. The predicted octanol–water partition coefficient (Wildman–Crippen LogP) is 2.00. The van der Waals surface area contributed by atoms with Crippen molar-refractivity contribution in [3.8, 4) is 0 Å². The Hall–Kier alpha value is -1.40. The summed E-state index contributed by atoms with van der Waals surface area (Å²) in [6.07, 6.45) is 0.463. The molecule has 0 saturated heterocycles. The maximum atomic E-state index is 11.5. The molecule has 0 aromatic heterocycles. The summed E-state index contributed by atoms with van der Waals surface area (Å²) in [5.41, 5.74) is 6.30. The van der Waals surface area contributed by atoms with Crippen LogP contribution in [0.25, 0.3) is 0 Å². The minimum Gasteiger partial charge on any atom is -0.481 e. The van der Waals surface area contributed by atoms with E-state index in [2.05, 4.69) is 5.32 Å². The number of benzene rings is 1. The van der Waals surface area contributed by atoms with Gasteiger partial charge in [0.1, 0.15) is 0 Å². The number of aliphatic carboxylic acids is 1. The van der Waals surface area contributed by atoms with Crippen LogP contribution >= 0.6 is 23.4 Å². The minimum absolute atomic E-state index is 0.0465. The number of rotatable bonds is 7. The van der Waals surface area contributed by atoms with Crippen LogP contribution in [-0.2, 0) is 9.59 Å². The number of anilines is 1. The number of halogens is 1. The summed E-state index contributed by atoms with van der Waals surface area (Å²) in [6.45, 7) is 0.351. The quantitative estimate of drug-likeness (QED) is 0.407. The molecule has 0 fully saturated rings. The first-order chi connectivity index (χ1) is 9.00. The van der Waals surface area contributed by atoms with Crippen molar-refractivity contribution >= 4 is 40.9 Å². The van der Waals surface area contributed by atoms with Crippen molar-refractivity contribution in [3.05, 3.63) is 23.2 Å². The van der Waals surface area contributed by atoms with E-state index in [0.29, 0.717) is 28.6 Å². The molecule has 0 atom stereocenters. The van der Waals surface area contributed by atoms with Gasteiger partial charge in [0.25, 0.3) is 0 Å². The summed E-state index contributed by atoms with van der Waals surface area (Å²) in [5, 5.41) is 11.6. The van der Waals surface area contributed by atoms with E-state index in [1.807, 2.05) is 0 Å². The lowest BCUT2D eigenvalue weighted by atomic mass is 10.3. The average Bonchev–Trinajstić information content (AvgIpc) is 2.34. The molecule has 0 aliphatic rings. The second kappa shape index (κ2) is 7.91. The van der Waals surface area contributed by atoms with Gasteiger partial charge in [-0.15, -0.1) is 11.8 Å².